The zero-order valence-corrected chi connectivity index (χ0v) is 19.9. The van der Waals surface area contributed by atoms with Crippen molar-refractivity contribution in [2.45, 2.75) is 13.1 Å². The van der Waals surface area contributed by atoms with Crippen molar-refractivity contribution in [3.05, 3.63) is 47.5 Å². The molecule has 0 radical (unpaired) electrons. The molecule has 0 bridgehead atoms. The third-order valence-electron chi connectivity index (χ3n) is 5.38. The number of piperazine rings is 1. The van der Waals surface area contributed by atoms with E-state index in [0.29, 0.717) is 0 Å². The number of carboxylic acids is 2. The van der Waals surface area contributed by atoms with Gasteiger partial charge in [0.05, 0.1) is 28.4 Å². The summed E-state index contributed by atoms with van der Waals surface area (Å²) in [7, 11) is 6.74. The third-order valence-corrected chi connectivity index (χ3v) is 5.38. The first-order valence-corrected chi connectivity index (χ1v) is 10.6. The van der Waals surface area contributed by atoms with Crippen LogP contribution in [0.2, 0.25) is 0 Å². The lowest BCUT2D eigenvalue weighted by atomic mass is 10.1. The van der Waals surface area contributed by atoms with E-state index in [1.165, 1.54) is 5.56 Å². The number of hydrogen-bond acceptors (Lipinski definition) is 8. The van der Waals surface area contributed by atoms with Crippen molar-refractivity contribution < 1.29 is 38.7 Å². The molecule has 0 atom stereocenters. The first kappa shape index (κ1) is 26.7. The van der Waals surface area contributed by atoms with Crippen LogP contribution in [0.4, 0.5) is 0 Å². The van der Waals surface area contributed by atoms with Gasteiger partial charge in [0.25, 0.3) is 0 Å². The van der Waals surface area contributed by atoms with Gasteiger partial charge in [0.15, 0.2) is 11.5 Å². The van der Waals surface area contributed by atoms with Crippen molar-refractivity contribution in [1.29, 1.82) is 0 Å². The fraction of sp³-hybridized carbons (Fsp3) is 0.417. The number of rotatable bonds is 8. The highest BCUT2D eigenvalue weighted by molar-refractivity contribution is 6.27. The molecule has 1 fully saturated rings. The molecule has 3 rings (SSSR count). The summed E-state index contributed by atoms with van der Waals surface area (Å²) in [4.78, 5) is 23.1. The summed E-state index contributed by atoms with van der Waals surface area (Å²) in [5, 5.41) is 14.8. The molecule has 34 heavy (non-hydrogen) atoms. The molecule has 0 spiro atoms. The number of methoxy groups -OCH3 is 4. The number of ether oxygens (including phenoxy) is 4. The molecule has 10 heteroatoms. The Balaban J connectivity index is 0.000000604. The molecule has 0 aliphatic carbocycles. The van der Waals surface area contributed by atoms with Crippen LogP contribution in [0.5, 0.6) is 23.0 Å². The number of carboxylic acid groups (broad SMARTS) is 2. The van der Waals surface area contributed by atoms with Crippen LogP contribution in [0, 0.1) is 0 Å². The summed E-state index contributed by atoms with van der Waals surface area (Å²) in [6.07, 6.45) is 0. The van der Waals surface area contributed by atoms with E-state index < -0.39 is 11.9 Å². The van der Waals surface area contributed by atoms with E-state index in [1.807, 2.05) is 18.2 Å². The molecule has 0 aromatic heterocycles. The summed E-state index contributed by atoms with van der Waals surface area (Å²) >= 11 is 0. The maximum Gasteiger partial charge on any atom is 0.414 e. The Bertz CT molecular complexity index is 946. The van der Waals surface area contributed by atoms with E-state index in [2.05, 4.69) is 28.0 Å². The van der Waals surface area contributed by atoms with Crippen molar-refractivity contribution in [3.63, 3.8) is 0 Å². The summed E-state index contributed by atoms with van der Waals surface area (Å²) in [5.41, 5.74) is 2.40. The third kappa shape index (κ3) is 7.82. The predicted octanol–water partition coefficient (Wildman–Crippen LogP) is 2.19. The Morgan fingerprint density at radius 1 is 0.706 bits per heavy atom. The van der Waals surface area contributed by atoms with Gasteiger partial charge >= 0.3 is 11.9 Å². The van der Waals surface area contributed by atoms with Gasteiger partial charge in [-0.3, -0.25) is 9.80 Å². The normalized spacial score (nSPS) is 13.9. The number of aliphatic carboxylic acids is 2. The molecule has 186 valence electrons. The zero-order valence-electron chi connectivity index (χ0n) is 19.9. The van der Waals surface area contributed by atoms with Gasteiger partial charge in [-0.2, -0.15) is 0 Å². The first-order valence-electron chi connectivity index (χ1n) is 10.6. The molecule has 0 amide bonds. The second-order valence-corrected chi connectivity index (χ2v) is 7.53. The second kappa shape index (κ2) is 13.3. The predicted molar refractivity (Wildman–Crippen MR) is 125 cm³/mol. The van der Waals surface area contributed by atoms with Gasteiger partial charge in [-0.1, -0.05) is 6.07 Å². The molecule has 0 unspecified atom stereocenters. The SMILES string of the molecule is COc1ccc(OC)c(CN2CCN(Cc3ccc(OC)c(OC)c3)CC2)c1.O=C(O)C(=O)O. The molecule has 1 aliphatic rings. The van der Waals surface area contributed by atoms with Gasteiger partial charge < -0.3 is 29.2 Å². The van der Waals surface area contributed by atoms with E-state index in [9.17, 15) is 0 Å². The van der Waals surface area contributed by atoms with Gasteiger partial charge in [0.1, 0.15) is 11.5 Å². The van der Waals surface area contributed by atoms with Crippen LogP contribution in [0.15, 0.2) is 36.4 Å². The van der Waals surface area contributed by atoms with Crippen LogP contribution in [-0.2, 0) is 22.7 Å². The van der Waals surface area contributed by atoms with E-state index in [-0.39, 0.29) is 0 Å². The standard InChI is InChI=1S/C22H30N2O4.C2H2O4/c1-25-19-6-8-20(26-2)18(14-19)16-24-11-9-23(10-12-24)15-17-5-7-21(27-3)22(13-17)28-4;3-1(4)2(5)6/h5-8,13-14H,9-12,15-16H2,1-4H3;(H,3,4)(H,5,6). The van der Waals surface area contributed by atoms with Crippen LogP contribution in [0.1, 0.15) is 11.1 Å². The minimum absolute atomic E-state index is 0.767. The number of benzene rings is 2. The Hall–Kier alpha value is -3.50. The summed E-state index contributed by atoms with van der Waals surface area (Å²) < 4.78 is 21.6. The number of carbonyl (C=O) groups is 2. The molecular weight excluding hydrogens is 444 g/mol. The summed E-state index contributed by atoms with van der Waals surface area (Å²) in [6.45, 7) is 5.88. The minimum atomic E-state index is -1.82. The lowest BCUT2D eigenvalue weighted by Crippen LogP contribution is -2.45. The van der Waals surface area contributed by atoms with Gasteiger partial charge in [-0.15, -0.1) is 0 Å². The molecule has 2 aromatic rings. The highest BCUT2D eigenvalue weighted by Gasteiger charge is 2.19. The molecule has 10 nitrogen and oxygen atoms in total. The molecular formula is C24H32N2O8. The monoisotopic (exact) mass is 476 g/mol. The van der Waals surface area contributed by atoms with Crippen LogP contribution >= 0.6 is 0 Å². The van der Waals surface area contributed by atoms with Crippen molar-refractivity contribution >= 4 is 11.9 Å². The highest BCUT2D eigenvalue weighted by Crippen LogP contribution is 2.29. The summed E-state index contributed by atoms with van der Waals surface area (Å²) in [5.74, 6) is -0.325. The van der Waals surface area contributed by atoms with E-state index in [0.717, 1.165) is 67.8 Å². The van der Waals surface area contributed by atoms with Crippen molar-refractivity contribution in [1.82, 2.24) is 9.80 Å². The number of hydrogen-bond donors (Lipinski definition) is 2. The van der Waals surface area contributed by atoms with Crippen LogP contribution in [-0.4, -0.2) is 86.6 Å². The Morgan fingerprint density at radius 2 is 1.24 bits per heavy atom. The number of nitrogens with zero attached hydrogens (tertiary/aromatic N) is 2. The first-order chi connectivity index (χ1) is 16.3. The van der Waals surface area contributed by atoms with E-state index in [1.54, 1.807) is 28.4 Å². The Kier molecular flexibility index (Phi) is 10.4. The Labute approximate surface area is 199 Å². The lowest BCUT2D eigenvalue weighted by Gasteiger charge is -2.35. The van der Waals surface area contributed by atoms with Gasteiger partial charge in [-0.25, -0.2) is 9.59 Å². The van der Waals surface area contributed by atoms with Crippen molar-refractivity contribution in [3.8, 4) is 23.0 Å². The van der Waals surface area contributed by atoms with Gasteiger partial charge in [0.2, 0.25) is 0 Å². The van der Waals surface area contributed by atoms with Crippen molar-refractivity contribution in [2.75, 3.05) is 54.6 Å². The van der Waals surface area contributed by atoms with Gasteiger partial charge in [0, 0.05) is 44.8 Å². The van der Waals surface area contributed by atoms with Crippen LogP contribution in [0.3, 0.4) is 0 Å². The van der Waals surface area contributed by atoms with E-state index >= 15 is 0 Å². The smallest absolute Gasteiger partial charge is 0.414 e. The topological polar surface area (TPSA) is 118 Å². The highest BCUT2D eigenvalue weighted by atomic mass is 16.5. The molecule has 0 saturated carbocycles. The minimum Gasteiger partial charge on any atom is -0.497 e. The molecule has 2 aromatic carbocycles. The second-order valence-electron chi connectivity index (χ2n) is 7.53. The molecule has 1 aliphatic heterocycles. The van der Waals surface area contributed by atoms with Crippen molar-refractivity contribution in [2.24, 2.45) is 0 Å². The lowest BCUT2D eigenvalue weighted by molar-refractivity contribution is -0.159. The van der Waals surface area contributed by atoms with Crippen LogP contribution in [0.25, 0.3) is 0 Å². The largest absolute Gasteiger partial charge is 0.497 e. The Morgan fingerprint density at radius 3 is 1.74 bits per heavy atom. The molecule has 1 saturated heterocycles. The average molecular weight is 477 g/mol. The quantitative estimate of drug-likeness (QED) is 0.549. The van der Waals surface area contributed by atoms with Gasteiger partial charge in [-0.05, 0) is 35.9 Å². The fourth-order valence-electron chi connectivity index (χ4n) is 3.59. The molecule has 1 heterocycles. The maximum absolute atomic E-state index is 9.10. The fourth-order valence-corrected chi connectivity index (χ4v) is 3.59. The average Bonchev–Trinajstić information content (AvgIpc) is 2.85. The van der Waals surface area contributed by atoms with E-state index in [4.69, 9.17) is 38.7 Å². The maximum atomic E-state index is 9.10. The van der Waals surface area contributed by atoms with Crippen LogP contribution < -0.4 is 18.9 Å². The summed E-state index contributed by atoms with van der Waals surface area (Å²) in [6, 6.07) is 12.1. The zero-order chi connectivity index (χ0) is 25.1. The molecule has 2 N–H and O–H groups in total.